The van der Waals surface area contributed by atoms with Gasteiger partial charge in [-0.15, -0.1) is 0 Å². The van der Waals surface area contributed by atoms with Crippen molar-refractivity contribution in [3.8, 4) is 0 Å². The van der Waals surface area contributed by atoms with E-state index in [-0.39, 0.29) is 12.0 Å². The summed E-state index contributed by atoms with van der Waals surface area (Å²) in [6, 6.07) is 0. The van der Waals surface area contributed by atoms with Crippen molar-refractivity contribution in [2.45, 2.75) is 44.7 Å². The van der Waals surface area contributed by atoms with Crippen LogP contribution in [0.4, 0.5) is 0 Å². The van der Waals surface area contributed by atoms with Gasteiger partial charge in [-0.2, -0.15) is 5.10 Å². The molecular formula is C17H22N6O2. The van der Waals surface area contributed by atoms with Gasteiger partial charge in [0, 0.05) is 18.2 Å². The van der Waals surface area contributed by atoms with Crippen LogP contribution in [-0.4, -0.2) is 49.4 Å². The Hall–Kier alpha value is -2.35. The van der Waals surface area contributed by atoms with Gasteiger partial charge in [-0.3, -0.25) is 24.1 Å². The number of fused-ring (bicyclic) bond motifs is 2. The second kappa shape index (κ2) is 5.87. The van der Waals surface area contributed by atoms with Crippen molar-refractivity contribution in [2.75, 3.05) is 20.1 Å². The summed E-state index contributed by atoms with van der Waals surface area (Å²) < 4.78 is 2.85. The van der Waals surface area contributed by atoms with Gasteiger partial charge in [0.05, 0.1) is 24.1 Å². The molecule has 0 unspecified atom stereocenters. The van der Waals surface area contributed by atoms with Crippen molar-refractivity contribution in [1.29, 1.82) is 0 Å². The molecule has 1 saturated heterocycles. The molecule has 8 nitrogen and oxygen atoms in total. The van der Waals surface area contributed by atoms with Crippen LogP contribution in [0.5, 0.6) is 0 Å². The molecule has 132 valence electrons. The lowest BCUT2D eigenvalue weighted by Gasteiger charge is -2.36. The molecule has 2 aliphatic rings. The molecule has 0 atom stereocenters. The Morgan fingerprint density at radius 1 is 1.04 bits per heavy atom. The van der Waals surface area contributed by atoms with Gasteiger partial charge in [0.15, 0.2) is 0 Å². The van der Waals surface area contributed by atoms with Crippen LogP contribution in [0.2, 0.25) is 0 Å². The summed E-state index contributed by atoms with van der Waals surface area (Å²) in [5.41, 5.74) is 0.292. The molecule has 1 spiro atoms. The third-order valence-electron chi connectivity index (χ3n) is 5.51. The minimum Gasteiger partial charge on any atom is -0.306 e. The predicted molar refractivity (Wildman–Crippen MR) is 91.7 cm³/mol. The SMILES string of the molecule is Cc1cnc(Cn2nc3n(c(=O)c2=O)CCC32CCN(C)CC2)cn1. The highest BCUT2D eigenvalue weighted by atomic mass is 16.2. The molecule has 0 radical (unpaired) electrons. The molecule has 2 aromatic rings. The molecule has 8 heteroatoms. The minimum atomic E-state index is -0.587. The molecule has 4 heterocycles. The zero-order valence-electron chi connectivity index (χ0n) is 14.6. The molecule has 0 N–H and O–H groups in total. The third-order valence-corrected chi connectivity index (χ3v) is 5.51. The van der Waals surface area contributed by atoms with Crippen molar-refractivity contribution in [2.24, 2.45) is 0 Å². The van der Waals surface area contributed by atoms with Crippen LogP contribution in [0.25, 0.3) is 0 Å². The second-order valence-corrected chi connectivity index (χ2v) is 7.23. The number of aryl methyl sites for hydroxylation is 1. The molecule has 0 amide bonds. The number of aromatic nitrogens is 5. The Bertz CT molecular complexity index is 906. The van der Waals surface area contributed by atoms with E-state index in [1.54, 1.807) is 17.0 Å². The summed E-state index contributed by atoms with van der Waals surface area (Å²) in [7, 11) is 2.11. The van der Waals surface area contributed by atoms with Crippen LogP contribution < -0.4 is 11.1 Å². The van der Waals surface area contributed by atoms with E-state index in [1.165, 1.54) is 4.68 Å². The Kier molecular flexibility index (Phi) is 3.79. The smallest absolute Gasteiger partial charge is 0.306 e. The number of hydrogen-bond donors (Lipinski definition) is 0. The average molecular weight is 342 g/mol. The van der Waals surface area contributed by atoms with Crippen molar-refractivity contribution in [3.05, 3.63) is 50.3 Å². The van der Waals surface area contributed by atoms with Crippen LogP contribution in [-0.2, 0) is 18.5 Å². The van der Waals surface area contributed by atoms with Gasteiger partial charge in [0.25, 0.3) is 0 Å². The van der Waals surface area contributed by atoms with Gasteiger partial charge >= 0.3 is 11.1 Å². The predicted octanol–water partition coefficient (Wildman–Crippen LogP) is -0.0812. The zero-order valence-corrected chi connectivity index (χ0v) is 14.6. The fraction of sp³-hybridized carbons (Fsp3) is 0.588. The highest BCUT2D eigenvalue weighted by molar-refractivity contribution is 5.15. The molecule has 4 rings (SSSR count). The number of likely N-dealkylation sites (tertiary alicyclic amines) is 1. The Balaban J connectivity index is 1.75. The average Bonchev–Trinajstić information content (AvgIpc) is 2.96. The molecule has 0 saturated carbocycles. The molecular weight excluding hydrogens is 320 g/mol. The van der Waals surface area contributed by atoms with Gasteiger partial charge in [0.2, 0.25) is 0 Å². The Labute approximate surface area is 145 Å². The van der Waals surface area contributed by atoms with Gasteiger partial charge < -0.3 is 4.90 Å². The Morgan fingerprint density at radius 3 is 2.44 bits per heavy atom. The molecule has 0 aromatic carbocycles. The summed E-state index contributed by atoms with van der Waals surface area (Å²) in [4.78, 5) is 35.8. The van der Waals surface area contributed by atoms with Gasteiger partial charge in [-0.05, 0) is 46.3 Å². The van der Waals surface area contributed by atoms with E-state index >= 15 is 0 Å². The van der Waals surface area contributed by atoms with E-state index in [4.69, 9.17) is 0 Å². The van der Waals surface area contributed by atoms with E-state index in [0.29, 0.717) is 12.2 Å². The zero-order chi connectivity index (χ0) is 17.6. The van der Waals surface area contributed by atoms with Crippen molar-refractivity contribution in [1.82, 2.24) is 29.2 Å². The number of rotatable bonds is 2. The normalized spacial score (nSPS) is 19.3. The first-order valence-corrected chi connectivity index (χ1v) is 8.67. The fourth-order valence-electron chi connectivity index (χ4n) is 3.85. The number of hydrogen-bond acceptors (Lipinski definition) is 6. The fourth-order valence-corrected chi connectivity index (χ4v) is 3.85. The largest absolute Gasteiger partial charge is 0.332 e. The lowest BCUT2D eigenvalue weighted by atomic mass is 9.77. The maximum atomic E-state index is 12.6. The summed E-state index contributed by atoms with van der Waals surface area (Å²) >= 11 is 0. The van der Waals surface area contributed by atoms with Crippen molar-refractivity contribution < 1.29 is 0 Å². The monoisotopic (exact) mass is 342 g/mol. The van der Waals surface area contributed by atoms with E-state index < -0.39 is 11.1 Å². The maximum absolute atomic E-state index is 12.6. The van der Waals surface area contributed by atoms with Gasteiger partial charge in [-0.25, -0.2) is 4.68 Å². The Morgan fingerprint density at radius 2 is 1.76 bits per heavy atom. The quantitative estimate of drug-likeness (QED) is 0.710. The molecule has 25 heavy (non-hydrogen) atoms. The maximum Gasteiger partial charge on any atom is 0.332 e. The highest BCUT2D eigenvalue weighted by Crippen LogP contribution is 2.40. The van der Waals surface area contributed by atoms with Gasteiger partial charge in [0.1, 0.15) is 5.82 Å². The summed E-state index contributed by atoms with van der Waals surface area (Å²) in [6.07, 6.45) is 6.10. The van der Waals surface area contributed by atoms with Crippen LogP contribution in [0, 0.1) is 6.92 Å². The number of nitrogens with zero attached hydrogens (tertiary/aromatic N) is 6. The summed E-state index contributed by atoms with van der Waals surface area (Å²) in [5, 5.41) is 4.61. The molecule has 2 aliphatic heterocycles. The topological polar surface area (TPSA) is 85.9 Å². The first kappa shape index (κ1) is 16.1. The van der Waals surface area contributed by atoms with E-state index in [1.807, 2.05) is 6.92 Å². The lowest BCUT2D eigenvalue weighted by molar-refractivity contribution is 0.182. The highest BCUT2D eigenvalue weighted by Gasteiger charge is 2.43. The summed E-state index contributed by atoms with van der Waals surface area (Å²) in [5.74, 6) is 0.769. The lowest BCUT2D eigenvalue weighted by Crippen LogP contribution is -2.46. The summed E-state index contributed by atoms with van der Waals surface area (Å²) in [6.45, 7) is 4.58. The van der Waals surface area contributed by atoms with Crippen molar-refractivity contribution in [3.63, 3.8) is 0 Å². The molecule has 1 fully saturated rings. The number of piperidine rings is 1. The van der Waals surface area contributed by atoms with E-state index in [0.717, 1.165) is 43.9 Å². The third kappa shape index (κ3) is 2.70. The molecule has 0 bridgehead atoms. The first-order chi connectivity index (χ1) is 12.0. The molecule has 2 aromatic heterocycles. The second-order valence-electron chi connectivity index (χ2n) is 7.23. The van der Waals surface area contributed by atoms with E-state index in [2.05, 4.69) is 27.0 Å². The standard InChI is InChI=1S/C17H22N6O2/c1-12-9-19-13(10-18-12)11-23-15(25)14(24)22-8-5-17(16(22)20-23)3-6-21(2)7-4-17/h9-10H,3-8,11H2,1-2H3. The van der Waals surface area contributed by atoms with Crippen LogP contribution in [0.3, 0.4) is 0 Å². The first-order valence-electron chi connectivity index (χ1n) is 8.67. The minimum absolute atomic E-state index is 0.0833. The van der Waals surface area contributed by atoms with Gasteiger partial charge in [-0.1, -0.05) is 0 Å². The van der Waals surface area contributed by atoms with Crippen LogP contribution in [0.15, 0.2) is 22.0 Å². The van der Waals surface area contributed by atoms with Crippen LogP contribution >= 0.6 is 0 Å². The van der Waals surface area contributed by atoms with E-state index in [9.17, 15) is 9.59 Å². The van der Waals surface area contributed by atoms with Crippen molar-refractivity contribution >= 4 is 0 Å². The van der Waals surface area contributed by atoms with Crippen LogP contribution in [0.1, 0.15) is 36.5 Å². The molecule has 0 aliphatic carbocycles.